The van der Waals surface area contributed by atoms with E-state index in [4.69, 9.17) is 9.05 Å². The number of imidazole rings is 2. The van der Waals surface area contributed by atoms with E-state index in [-0.39, 0.29) is 12.1 Å². The third kappa shape index (κ3) is 8.36. The molecule has 2 saturated carbocycles. The van der Waals surface area contributed by atoms with Gasteiger partial charge in [-0.05, 0) is 112 Å². The van der Waals surface area contributed by atoms with Gasteiger partial charge in [-0.2, -0.15) is 0 Å². The molecular weight excluding hydrogens is 781 g/mol. The van der Waals surface area contributed by atoms with Crippen molar-refractivity contribution >= 4 is 6.41 Å². The minimum absolute atomic E-state index is 0.0350. The molecule has 10 atom stereocenters. The first-order valence-corrected chi connectivity index (χ1v) is 21.7. The van der Waals surface area contributed by atoms with Gasteiger partial charge < -0.3 is 38.6 Å². The van der Waals surface area contributed by atoms with Crippen LogP contribution in [0.25, 0.3) is 22.6 Å². The molecule has 0 radical (unpaired) electrons. The van der Waals surface area contributed by atoms with Gasteiger partial charge in [0.05, 0.1) is 12.1 Å². The van der Waals surface area contributed by atoms with Crippen LogP contribution in [-0.4, -0.2) is 77.1 Å². The van der Waals surface area contributed by atoms with Gasteiger partial charge in [-0.15, -0.1) is 0 Å². The van der Waals surface area contributed by atoms with Crippen molar-refractivity contribution in [2.24, 2.45) is 35.5 Å². The SMILES string of the molecule is CC[C@H](c1cc(-c2ccc(C#CC3[C@H]4CN(C=O)C[C@@H]34)cc2)on1)n1ccnc1[C@H](C)O.CC[C@H](c1cc(-c2ccc(C#CC3[C@H]4CNC[C@@H]34)cc2)on1)n1ccnc1[C@H](C)O. The fourth-order valence-corrected chi connectivity index (χ4v) is 9.34. The minimum atomic E-state index is -0.654. The van der Waals surface area contributed by atoms with E-state index in [2.05, 4.69) is 63.1 Å². The smallest absolute Gasteiger partial charge is 0.209 e. The maximum Gasteiger partial charge on any atom is 0.209 e. The Morgan fingerprint density at radius 1 is 0.710 bits per heavy atom. The first-order valence-electron chi connectivity index (χ1n) is 21.7. The van der Waals surface area contributed by atoms with E-state index in [0.29, 0.717) is 41.1 Å². The Morgan fingerprint density at radius 3 is 1.55 bits per heavy atom. The third-order valence-corrected chi connectivity index (χ3v) is 12.9. The number of fused-ring (bicyclic) bond motifs is 2. The van der Waals surface area contributed by atoms with Gasteiger partial charge >= 0.3 is 0 Å². The molecule has 6 aromatic rings. The second-order valence-electron chi connectivity index (χ2n) is 16.9. The van der Waals surface area contributed by atoms with Gasteiger partial charge in [-0.25, -0.2) is 9.97 Å². The van der Waals surface area contributed by atoms with Crippen LogP contribution in [0.3, 0.4) is 0 Å². The molecule has 10 rings (SSSR count). The Hall–Kier alpha value is -6.25. The van der Waals surface area contributed by atoms with E-state index in [1.165, 1.54) is 0 Å². The van der Waals surface area contributed by atoms with Gasteiger partial charge in [0.2, 0.25) is 6.41 Å². The summed E-state index contributed by atoms with van der Waals surface area (Å²) in [5.74, 6) is 19.7. The molecule has 6 heterocycles. The van der Waals surface area contributed by atoms with Gasteiger partial charge in [-0.1, -0.05) is 47.8 Å². The summed E-state index contributed by atoms with van der Waals surface area (Å²) in [4.78, 5) is 21.2. The predicted octanol–water partition coefficient (Wildman–Crippen LogP) is 6.68. The first kappa shape index (κ1) is 41.1. The number of nitrogens with one attached hydrogen (secondary N) is 1. The Labute approximate surface area is 361 Å². The fourth-order valence-electron chi connectivity index (χ4n) is 9.34. The second-order valence-corrected chi connectivity index (χ2v) is 16.9. The maximum atomic E-state index is 10.8. The molecule has 4 fully saturated rings. The van der Waals surface area contributed by atoms with E-state index in [1.54, 1.807) is 26.2 Å². The van der Waals surface area contributed by atoms with Crippen LogP contribution >= 0.6 is 0 Å². The minimum Gasteiger partial charge on any atom is -0.385 e. The van der Waals surface area contributed by atoms with E-state index < -0.39 is 12.2 Å². The molecule has 318 valence electrons. The van der Waals surface area contributed by atoms with Crippen molar-refractivity contribution in [1.29, 1.82) is 0 Å². The third-order valence-electron chi connectivity index (χ3n) is 12.9. The highest BCUT2D eigenvalue weighted by Gasteiger charge is 2.55. The van der Waals surface area contributed by atoms with Crippen molar-refractivity contribution in [3.63, 3.8) is 0 Å². The lowest BCUT2D eigenvalue weighted by atomic mass is 10.1. The molecule has 4 aliphatic rings. The average Bonchev–Trinajstić information content (AvgIpc) is 3.96. The zero-order chi connectivity index (χ0) is 42.9. The number of amides is 1. The second kappa shape index (κ2) is 17.6. The highest BCUT2D eigenvalue weighted by molar-refractivity contribution is 5.60. The molecule has 2 aromatic carbocycles. The Morgan fingerprint density at radius 2 is 1.15 bits per heavy atom. The standard InChI is InChI=1S/C25H26N4O3.C24H26N4O2/c1-3-23(29-11-10-26-25(29)16(2)31)22-12-24(32-27-22)18-7-4-17(5-8-18)6-9-19-20-13-28(15-30)14-21(19)20;1-3-22(28-11-10-26-24(28)15(2)29)21-12-23(30-27-21)17-7-4-16(5-8-17)6-9-18-19-13-25-14-20(18)19/h4-5,7-8,10-12,15-16,19-21,23,31H,3,13-14H2,1-2H3;4-5,7-8,10-12,15,18-20,22,25,29H,3,13-14H2,1-2H3/t16-,19?,20-,21+,23+;15-,18?,19-,20+,22+/m00/s1. The number of nitrogens with zero attached hydrogens (tertiary/aromatic N) is 7. The van der Waals surface area contributed by atoms with Crippen molar-refractivity contribution in [3.8, 4) is 46.3 Å². The largest absolute Gasteiger partial charge is 0.385 e. The quantitative estimate of drug-likeness (QED) is 0.0949. The molecule has 3 N–H and O–H groups in total. The van der Waals surface area contributed by atoms with Crippen molar-refractivity contribution in [2.45, 2.75) is 64.8 Å². The summed E-state index contributed by atoms with van der Waals surface area (Å²) in [6, 6.07) is 20.0. The Balaban J connectivity index is 0.000000158. The maximum absolute atomic E-state index is 10.8. The predicted molar refractivity (Wildman–Crippen MR) is 232 cm³/mol. The van der Waals surface area contributed by atoms with Gasteiger partial charge in [0.15, 0.2) is 11.5 Å². The summed E-state index contributed by atoms with van der Waals surface area (Å²) in [5, 5.41) is 32.0. The topological polar surface area (TPSA) is 160 Å². The molecule has 0 spiro atoms. The van der Waals surface area contributed by atoms with E-state index in [9.17, 15) is 15.0 Å². The number of carbonyl (C=O) groups excluding carboxylic acids is 1. The number of carbonyl (C=O) groups is 1. The summed E-state index contributed by atoms with van der Waals surface area (Å²) >= 11 is 0. The molecule has 2 saturated heterocycles. The van der Waals surface area contributed by atoms with Gasteiger partial charge in [0.1, 0.15) is 35.2 Å². The monoisotopic (exact) mass is 832 g/mol. The zero-order valence-electron chi connectivity index (χ0n) is 35.4. The average molecular weight is 833 g/mol. The zero-order valence-corrected chi connectivity index (χ0v) is 35.4. The number of likely N-dealkylation sites (tertiary alicyclic amines) is 1. The number of rotatable bonds is 11. The van der Waals surface area contributed by atoms with Gasteiger partial charge in [0.25, 0.3) is 0 Å². The van der Waals surface area contributed by atoms with Crippen molar-refractivity contribution < 1.29 is 24.1 Å². The molecular formula is C49H52N8O5. The molecule has 2 aliphatic carbocycles. The van der Waals surface area contributed by atoms with E-state index in [0.717, 1.165) is 96.7 Å². The molecule has 13 nitrogen and oxygen atoms in total. The molecule has 4 aromatic heterocycles. The van der Waals surface area contributed by atoms with Crippen LogP contribution < -0.4 is 5.32 Å². The lowest BCUT2D eigenvalue weighted by Gasteiger charge is -2.17. The van der Waals surface area contributed by atoms with Crippen LogP contribution in [0.1, 0.15) is 99.0 Å². The van der Waals surface area contributed by atoms with Gasteiger partial charge in [-0.3, -0.25) is 4.79 Å². The molecule has 13 heteroatoms. The fraction of sp³-hybridized carbons (Fsp3) is 0.408. The highest BCUT2D eigenvalue weighted by atomic mass is 16.5. The summed E-state index contributed by atoms with van der Waals surface area (Å²) in [7, 11) is 0. The van der Waals surface area contributed by atoms with Crippen LogP contribution in [0, 0.1) is 59.2 Å². The van der Waals surface area contributed by atoms with Crippen LogP contribution in [-0.2, 0) is 4.79 Å². The number of hydrogen-bond acceptors (Lipinski definition) is 10. The van der Waals surface area contributed by atoms with Crippen LogP contribution in [0.4, 0.5) is 0 Å². The number of aliphatic hydroxyl groups is 2. The summed E-state index contributed by atoms with van der Waals surface area (Å²) in [5.41, 5.74) is 5.54. The molecule has 0 bridgehead atoms. The lowest BCUT2D eigenvalue weighted by molar-refractivity contribution is -0.117. The molecule has 2 unspecified atom stereocenters. The molecule has 62 heavy (non-hydrogen) atoms. The summed E-state index contributed by atoms with van der Waals surface area (Å²) < 4.78 is 15.2. The van der Waals surface area contributed by atoms with Crippen LogP contribution in [0.15, 0.2) is 94.5 Å². The van der Waals surface area contributed by atoms with Crippen molar-refractivity contribution in [3.05, 3.63) is 120 Å². The Kier molecular flexibility index (Phi) is 11.7. The molecule has 1 amide bonds. The first-order chi connectivity index (χ1) is 30.2. The van der Waals surface area contributed by atoms with Gasteiger partial charge in [0, 0.05) is 84.1 Å². The highest BCUT2D eigenvalue weighted by Crippen LogP contribution is 2.51. The number of aliphatic hydroxyl groups excluding tert-OH is 2. The van der Waals surface area contributed by atoms with Crippen molar-refractivity contribution in [2.75, 3.05) is 26.2 Å². The summed E-state index contributed by atoms with van der Waals surface area (Å²) in [6.45, 7) is 11.5. The Bertz CT molecular complexity index is 2590. The number of hydrogen-bond donors (Lipinski definition) is 3. The normalized spacial score (nSPS) is 23.6. The lowest BCUT2D eigenvalue weighted by Crippen LogP contribution is -2.22. The number of aromatic nitrogens is 6. The van der Waals surface area contributed by atoms with Crippen LogP contribution in [0.5, 0.6) is 0 Å². The number of benzene rings is 2. The summed E-state index contributed by atoms with van der Waals surface area (Å²) in [6.07, 6.45) is 8.40. The van der Waals surface area contributed by atoms with E-state index >= 15 is 0 Å². The molecule has 2 aliphatic heterocycles. The van der Waals surface area contributed by atoms with E-state index in [1.807, 2.05) is 87.1 Å². The van der Waals surface area contributed by atoms with Crippen molar-refractivity contribution in [1.82, 2.24) is 39.6 Å². The van der Waals surface area contributed by atoms with Crippen LogP contribution in [0.2, 0.25) is 0 Å². The number of piperidine rings is 2.